The minimum atomic E-state index is -4.41. The Morgan fingerprint density at radius 2 is 2.00 bits per heavy atom. The fourth-order valence-electron chi connectivity index (χ4n) is 2.47. The second kappa shape index (κ2) is 9.78. The standard InChI is InChI=1S/C21H22ClF3N2O2/c1-4-27(3)13-26-19-10-14(2)17(12-18(19)22)20(28)29-9-8-15-6-5-7-16(11-15)21(23,24)25/h5-7,10-13H,4,8-9H2,1-3H3. The average molecular weight is 427 g/mol. The van der Waals surface area contributed by atoms with E-state index in [0.717, 1.165) is 18.7 Å². The molecule has 0 bridgehead atoms. The van der Waals surface area contributed by atoms with Crippen LogP contribution < -0.4 is 0 Å². The van der Waals surface area contributed by atoms with Gasteiger partial charge >= 0.3 is 12.1 Å². The fourth-order valence-corrected chi connectivity index (χ4v) is 2.68. The number of nitrogens with zero attached hydrogens (tertiary/aromatic N) is 2. The Morgan fingerprint density at radius 1 is 1.28 bits per heavy atom. The summed E-state index contributed by atoms with van der Waals surface area (Å²) in [5, 5.41) is 0.307. The summed E-state index contributed by atoms with van der Waals surface area (Å²) in [5.74, 6) is -0.586. The third kappa shape index (κ3) is 6.49. The molecule has 0 aliphatic heterocycles. The van der Waals surface area contributed by atoms with Gasteiger partial charge in [-0.3, -0.25) is 0 Å². The molecule has 0 radical (unpaired) electrons. The molecule has 0 spiro atoms. The zero-order valence-corrected chi connectivity index (χ0v) is 17.1. The number of carbonyl (C=O) groups is 1. The summed E-state index contributed by atoms with van der Waals surface area (Å²) in [7, 11) is 1.88. The summed E-state index contributed by atoms with van der Waals surface area (Å²) in [6.45, 7) is 4.47. The Kier molecular flexibility index (Phi) is 7.67. The van der Waals surface area contributed by atoms with E-state index in [0.29, 0.717) is 27.4 Å². The number of aryl methyl sites for hydroxylation is 1. The van der Waals surface area contributed by atoms with Crippen molar-refractivity contribution in [2.45, 2.75) is 26.4 Å². The van der Waals surface area contributed by atoms with E-state index in [1.165, 1.54) is 12.1 Å². The van der Waals surface area contributed by atoms with Crippen molar-refractivity contribution in [3.8, 4) is 0 Å². The molecule has 0 aliphatic carbocycles. The number of carbonyl (C=O) groups excluding carboxylic acids is 1. The highest BCUT2D eigenvalue weighted by molar-refractivity contribution is 6.33. The lowest BCUT2D eigenvalue weighted by Gasteiger charge is -2.11. The van der Waals surface area contributed by atoms with E-state index in [9.17, 15) is 18.0 Å². The lowest BCUT2D eigenvalue weighted by molar-refractivity contribution is -0.137. The van der Waals surface area contributed by atoms with Crippen molar-refractivity contribution in [2.75, 3.05) is 20.2 Å². The minimum absolute atomic E-state index is 0.0433. The van der Waals surface area contributed by atoms with Crippen molar-refractivity contribution in [3.63, 3.8) is 0 Å². The fraction of sp³-hybridized carbons (Fsp3) is 0.333. The number of halogens is 4. The average Bonchev–Trinajstić information content (AvgIpc) is 2.67. The minimum Gasteiger partial charge on any atom is -0.462 e. The molecule has 2 aromatic carbocycles. The molecule has 0 fully saturated rings. The van der Waals surface area contributed by atoms with Gasteiger partial charge in [0.15, 0.2) is 0 Å². The summed E-state index contributed by atoms with van der Waals surface area (Å²) in [4.78, 5) is 18.5. The molecular weight excluding hydrogens is 405 g/mol. The van der Waals surface area contributed by atoms with Gasteiger partial charge in [0.1, 0.15) is 0 Å². The molecule has 0 aromatic heterocycles. The van der Waals surface area contributed by atoms with E-state index < -0.39 is 17.7 Å². The van der Waals surface area contributed by atoms with Gasteiger partial charge in [-0.15, -0.1) is 0 Å². The van der Waals surface area contributed by atoms with Gasteiger partial charge in [0.25, 0.3) is 0 Å². The van der Waals surface area contributed by atoms with Gasteiger partial charge in [-0.05, 0) is 43.2 Å². The number of rotatable bonds is 7. The number of ether oxygens (including phenoxy) is 1. The van der Waals surface area contributed by atoms with E-state index in [2.05, 4.69) is 4.99 Å². The first-order valence-electron chi connectivity index (χ1n) is 8.99. The largest absolute Gasteiger partial charge is 0.462 e. The molecule has 0 heterocycles. The van der Waals surface area contributed by atoms with Gasteiger partial charge in [0, 0.05) is 20.0 Å². The Labute approximate surface area is 173 Å². The summed E-state index contributed by atoms with van der Waals surface area (Å²) < 4.78 is 43.5. The van der Waals surface area contributed by atoms with Crippen molar-refractivity contribution in [3.05, 3.63) is 63.7 Å². The molecule has 156 valence electrons. The van der Waals surface area contributed by atoms with Crippen LogP contribution in [0.2, 0.25) is 5.02 Å². The number of benzene rings is 2. The molecule has 0 amide bonds. The van der Waals surface area contributed by atoms with Crippen LogP contribution in [0.4, 0.5) is 18.9 Å². The van der Waals surface area contributed by atoms with Gasteiger partial charge in [-0.1, -0.05) is 29.8 Å². The second-order valence-corrected chi connectivity index (χ2v) is 6.93. The molecule has 0 saturated carbocycles. The highest BCUT2D eigenvalue weighted by atomic mass is 35.5. The number of alkyl halides is 3. The third-order valence-corrected chi connectivity index (χ3v) is 4.59. The first-order valence-corrected chi connectivity index (χ1v) is 9.37. The van der Waals surface area contributed by atoms with Crippen molar-refractivity contribution in [1.29, 1.82) is 0 Å². The predicted molar refractivity (Wildman–Crippen MR) is 108 cm³/mol. The second-order valence-electron chi connectivity index (χ2n) is 6.52. The maximum Gasteiger partial charge on any atom is 0.416 e. The van der Waals surface area contributed by atoms with E-state index in [1.807, 2.05) is 18.9 Å². The van der Waals surface area contributed by atoms with Crippen LogP contribution in [0.25, 0.3) is 0 Å². The third-order valence-electron chi connectivity index (χ3n) is 4.28. The molecule has 8 heteroatoms. The van der Waals surface area contributed by atoms with Crippen LogP contribution >= 0.6 is 11.6 Å². The van der Waals surface area contributed by atoms with E-state index in [-0.39, 0.29) is 13.0 Å². The highest BCUT2D eigenvalue weighted by Gasteiger charge is 2.30. The van der Waals surface area contributed by atoms with Crippen molar-refractivity contribution >= 4 is 29.6 Å². The van der Waals surface area contributed by atoms with E-state index >= 15 is 0 Å². The highest BCUT2D eigenvalue weighted by Crippen LogP contribution is 2.30. The molecule has 4 nitrogen and oxygen atoms in total. The topological polar surface area (TPSA) is 41.9 Å². The Hall–Kier alpha value is -2.54. The van der Waals surface area contributed by atoms with Gasteiger partial charge < -0.3 is 9.64 Å². The lowest BCUT2D eigenvalue weighted by atomic mass is 10.1. The Bertz CT molecular complexity index is 898. The number of aliphatic imine (C=N–C) groups is 1. The first-order chi connectivity index (χ1) is 13.6. The molecule has 29 heavy (non-hydrogen) atoms. The zero-order valence-electron chi connectivity index (χ0n) is 16.4. The Balaban J connectivity index is 2.02. The van der Waals surface area contributed by atoms with Crippen LogP contribution in [0.3, 0.4) is 0 Å². The SMILES string of the molecule is CCN(C)C=Nc1cc(C)c(C(=O)OCCc2cccc(C(F)(F)F)c2)cc1Cl. The number of hydrogen-bond acceptors (Lipinski definition) is 3. The lowest BCUT2D eigenvalue weighted by Crippen LogP contribution is -2.14. The molecular formula is C21H22ClF3N2O2. The molecule has 2 aromatic rings. The predicted octanol–water partition coefficient (Wildman–Crippen LogP) is 5.68. The van der Waals surface area contributed by atoms with Gasteiger partial charge in [-0.2, -0.15) is 13.2 Å². The number of esters is 1. The Morgan fingerprint density at radius 3 is 2.66 bits per heavy atom. The summed E-state index contributed by atoms with van der Waals surface area (Å²) in [6, 6.07) is 8.12. The van der Waals surface area contributed by atoms with Gasteiger partial charge in [0.2, 0.25) is 0 Å². The normalized spacial score (nSPS) is 11.7. The maximum atomic E-state index is 12.8. The van der Waals surface area contributed by atoms with Crippen LogP contribution in [0, 0.1) is 6.92 Å². The van der Waals surface area contributed by atoms with Crippen molar-refractivity contribution < 1.29 is 22.7 Å². The summed E-state index contributed by atoms with van der Waals surface area (Å²) in [5.41, 5.74) is 1.18. The summed E-state index contributed by atoms with van der Waals surface area (Å²) >= 11 is 6.22. The van der Waals surface area contributed by atoms with Crippen molar-refractivity contribution in [2.24, 2.45) is 4.99 Å². The van der Waals surface area contributed by atoms with Crippen LogP contribution in [0.5, 0.6) is 0 Å². The summed E-state index contributed by atoms with van der Waals surface area (Å²) in [6.07, 6.45) is -2.58. The van der Waals surface area contributed by atoms with Gasteiger partial charge in [-0.25, -0.2) is 9.79 Å². The van der Waals surface area contributed by atoms with E-state index in [1.54, 1.807) is 25.4 Å². The van der Waals surface area contributed by atoms with Crippen LogP contribution in [-0.4, -0.2) is 37.4 Å². The molecule has 0 atom stereocenters. The first kappa shape index (κ1) is 22.7. The maximum absolute atomic E-state index is 12.8. The van der Waals surface area contributed by atoms with Gasteiger partial charge in [0.05, 0.1) is 34.8 Å². The molecule has 0 N–H and O–H groups in total. The van der Waals surface area contributed by atoms with Crippen molar-refractivity contribution in [1.82, 2.24) is 4.90 Å². The van der Waals surface area contributed by atoms with Crippen LogP contribution in [0.15, 0.2) is 41.4 Å². The molecule has 0 aliphatic rings. The van der Waals surface area contributed by atoms with Crippen LogP contribution in [0.1, 0.15) is 34.0 Å². The molecule has 0 saturated heterocycles. The monoisotopic (exact) mass is 426 g/mol. The zero-order chi connectivity index (χ0) is 21.6. The molecule has 2 rings (SSSR count). The number of hydrogen-bond donors (Lipinski definition) is 0. The smallest absolute Gasteiger partial charge is 0.416 e. The van der Waals surface area contributed by atoms with Crippen LogP contribution in [-0.2, 0) is 17.3 Å². The molecule has 0 unspecified atom stereocenters. The quantitative estimate of drug-likeness (QED) is 0.325. The van der Waals surface area contributed by atoms with E-state index in [4.69, 9.17) is 16.3 Å².